The van der Waals surface area contributed by atoms with Crippen LogP contribution in [0.5, 0.6) is 0 Å². The summed E-state index contributed by atoms with van der Waals surface area (Å²) >= 11 is 0. The first kappa shape index (κ1) is 12.0. The van der Waals surface area contributed by atoms with Crippen molar-refractivity contribution in [1.29, 1.82) is 0 Å². The van der Waals surface area contributed by atoms with Crippen molar-refractivity contribution in [2.75, 3.05) is 5.32 Å². The Kier molecular flexibility index (Phi) is 3.47. The summed E-state index contributed by atoms with van der Waals surface area (Å²) < 4.78 is 13.3. The molecule has 0 aliphatic heterocycles. The number of hydrogen-bond acceptors (Lipinski definition) is 4. The number of anilines is 1. The fourth-order valence-electron chi connectivity index (χ4n) is 1.54. The van der Waals surface area contributed by atoms with E-state index in [1.54, 1.807) is 24.5 Å². The first-order valence-electron chi connectivity index (χ1n) is 5.24. The van der Waals surface area contributed by atoms with Gasteiger partial charge in [-0.15, -0.1) is 0 Å². The number of hydrogen-bond donors (Lipinski definition) is 1. The number of pyridine rings is 1. The Hall–Kier alpha value is -2.50. The van der Waals surface area contributed by atoms with Crippen LogP contribution in [-0.2, 0) is 6.54 Å². The molecule has 2 rings (SSSR count). The lowest BCUT2D eigenvalue weighted by Crippen LogP contribution is -2.04. The maximum atomic E-state index is 13.3. The Morgan fingerprint density at radius 3 is 2.67 bits per heavy atom. The van der Waals surface area contributed by atoms with Gasteiger partial charge >= 0.3 is 5.69 Å². The summed E-state index contributed by atoms with van der Waals surface area (Å²) in [7, 11) is 0. The first-order valence-corrected chi connectivity index (χ1v) is 5.24. The number of para-hydroxylation sites is 1. The van der Waals surface area contributed by atoms with Crippen LogP contribution in [0.25, 0.3) is 0 Å². The monoisotopic (exact) mass is 247 g/mol. The largest absolute Gasteiger partial charge is 0.375 e. The Balaban J connectivity index is 2.20. The van der Waals surface area contributed by atoms with Crippen LogP contribution in [0.4, 0.5) is 15.8 Å². The number of benzene rings is 1. The molecule has 0 aliphatic rings. The molecule has 0 radical (unpaired) electrons. The summed E-state index contributed by atoms with van der Waals surface area (Å²) in [5.74, 6) is -0.847. The van der Waals surface area contributed by atoms with Crippen molar-refractivity contribution in [3.05, 3.63) is 64.2 Å². The van der Waals surface area contributed by atoms with Gasteiger partial charge in [-0.05, 0) is 29.8 Å². The molecule has 0 unspecified atom stereocenters. The van der Waals surface area contributed by atoms with Crippen LogP contribution in [0.1, 0.15) is 5.56 Å². The van der Waals surface area contributed by atoms with Crippen LogP contribution in [-0.4, -0.2) is 9.91 Å². The van der Waals surface area contributed by atoms with E-state index in [2.05, 4.69) is 10.3 Å². The number of aromatic nitrogens is 1. The summed E-state index contributed by atoms with van der Waals surface area (Å²) in [6.45, 7) is 0.368. The van der Waals surface area contributed by atoms with E-state index in [1.807, 2.05) is 0 Å². The van der Waals surface area contributed by atoms with Crippen molar-refractivity contribution in [2.45, 2.75) is 6.54 Å². The highest BCUT2D eigenvalue weighted by Gasteiger charge is 2.19. The minimum Gasteiger partial charge on any atom is -0.375 e. The van der Waals surface area contributed by atoms with Crippen molar-refractivity contribution in [2.24, 2.45) is 0 Å². The van der Waals surface area contributed by atoms with Gasteiger partial charge in [0.05, 0.1) is 4.92 Å². The second-order valence-electron chi connectivity index (χ2n) is 3.60. The van der Waals surface area contributed by atoms with Crippen LogP contribution in [0.2, 0.25) is 0 Å². The summed E-state index contributed by atoms with van der Waals surface area (Å²) in [5.41, 5.74) is 0.534. The standard InChI is InChI=1S/C12H10FN3O2/c13-10-2-1-3-11(12(10)16(17)18)15-8-9-4-6-14-7-5-9/h1-7,15H,8H2. The highest BCUT2D eigenvalue weighted by molar-refractivity contribution is 5.62. The van der Waals surface area contributed by atoms with E-state index in [0.29, 0.717) is 6.54 Å². The highest BCUT2D eigenvalue weighted by Crippen LogP contribution is 2.27. The van der Waals surface area contributed by atoms with Crippen LogP contribution >= 0.6 is 0 Å². The molecular formula is C12H10FN3O2. The van der Waals surface area contributed by atoms with E-state index < -0.39 is 16.4 Å². The number of nitrogens with zero attached hydrogens (tertiary/aromatic N) is 2. The Bertz CT molecular complexity index is 561. The Labute approximate surface area is 102 Å². The van der Waals surface area contributed by atoms with Crippen molar-refractivity contribution in [3.63, 3.8) is 0 Å². The molecule has 1 N–H and O–H groups in total. The lowest BCUT2D eigenvalue weighted by Gasteiger charge is -2.07. The van der Waals surface area contributed by atoms with Gasteiger partial charge in [-0.2, -0.15) is 4.39 Å². The second kappa shape index (κ2) is 5.22. The molecule has 0 amide bonds. The Morgan fingerprint density at radius 2 is 2.00 bits per heavy atom. The summed E-state index contributed by atoms with van der Waals surface area (Å²) in [6, 6.07) is 7.52. The van der Waals surface area contributed by atoms with Gasteiger partial charge in [-0.25, -0.2) is 0 Å². The van der Waals surface area contributed by atoms with Crippen LogP contribution in [0.3, 0.4) is 0 Å². The molecule has 0 saturated carbocycles. The number of nitro groups is 1. The van der Waals surface area contributed by atoms with E-state index in [0.717, 1.165) is 11.6 Å². The van der Waals surface area contributed by atoms with Gasteiger partial charge in [-0.1, -0.05) is 6.07 Å². The average Bonchev–Trinajstić information content (AvgIpc) is 2.37. The van der Waals surface area contributed by atoms with Gasteiger partial charge in [0.1, 0.15) is 5.69 Å². The third-order valence-electron chi connectivity index (χ3n) is 2.40. The minimum atomic E-state index is -0.847. The van der Waals surface area contributed by atoms with Crippen molar-refractivity contribution in [1.82, 2.24) is 4.98 Å². The summed E-state index contributed by atoms with van der Waals surface area (Å²) in [5, 5.41) is 13.6. The zero-order valence-electron chi connectivity index (χ0n) is 9.34. The van der Waals surface area contributed by atoms with Crippen molar-refractivity contribution < 1.29 is 9.31 Å². The molecule has 1 aromatic carbocycles. The molecule has 18 heavy (non-hydrogen) atoms. The Morgan fingerprint density at radius 1 is 1.28 bits per heavy atom. The molecule has 1 aromatic heterocycles. The zero-order chi connectivity index (χ0) is 13.0. The predicted molar refractivity (Wildman–Crippen MR) is 64.6 cm³/mol. The lowest BCUT2D eigenvalue weighted by molar-refractivity contribution is -0.386. The van der Waals surface area contributed by atoms with E-state index >= 15 is 0 Å². The summed E-state index contributed by atoms with van der Waals surface area (Å²) in [6.07, 6.45) is 3.24. The number of nitro benzene ring substituents is 1. The van der Waals surface area contributed by atoms with Crippen LogP contribution in [0.15, 0.2) is 42.7 Å². The average molecular weight is 247 g/mol. The molecule has 2 aromatic rings. The highest BCUT2D eigenvalue weighted by atomic mass is 19.1. The number of halogens is 1. The van der Waals surface area contributed by atoms with E-state index in [-0.39, 0.29) is 5.69 Å². The molecule has 6 heteroatoms. The SMILES string of the molecule is O=[N+]([O-])c1c(F)cccc1NCc1ccncc1. The molecule has 0 saturated heterocycles. The van der Waals surface area contributed by atoms with Gasteiger partial charge in [0.25, 0.3) is 0 Å². The molecule has 0 aliphatic carbocycles. The molecular weight excluding hydrogens is 237 g/mol. The quantitative estimate of drug-likeness (QED) is 0.666. The first-order chi connectivity index (χ1) is 8.68. The van der Waals surface area contributed by atoms with Crippen molar-refractivity contribution in [3.8, 4) is 0 Å². The minimum absolute atomic E-state index is 0.164. The third kappa shape index (κ3) is 2.60. The van der Waals surface area contributed by atoms with Gasteiger partial charge in [-0.3, -0.25) is 15.1 Å². The fraction of sp³-hybridized carbons (Fsp3) is 0.0833. The number of nitrogens with one attached hydrogen (secondary N) is 1. The van der Waals surface area contributed by atoms with Gasteiger partial charge in [0.2, 0.25) is 5.82 Å². The number of rotatable bonds is 4. The van der Waals surface area contributed by atoms with Crippen LogP contribution in [0, 0.1) is 15.9 Å². The van der Waals surface area contributed by atoms with Gasteiger partial charge in [0.15, 0.2) is 0 Å². The van der Waals surface area contributed by atoms with Gasteiger partial charge < -0.3 is 5.32 Å². The topological polar surface area (TPSA) is 68.1 Å². The van der Waals surface area contributed by atoms with Gasteiger partial charge in [0, 0.05) is 18.9 Å². The zero-order valence-corrected chi connectivity index (χ0v) is 9.34. The van der Waals surface area contributed by atoms with Crippen LogP contribution < -0.4 is 5.32 Å². The molecule has 0 atom stereocenters. The van der Waals surface area contributed by atoms with E-state index in [1.165, 1.54) is 12.1 Å². The van der Waals surface area contributed by atoms with Crippen molar-refractivity contribution >= 4 is 11.4 Å². The molecule has 0 fully saturated rings. The molecule has 5 nitrogen and oxygen atoms in total. The van der Waals surface area contributed by atoms with E-state index in [4.69, 9.17) is 0 Å². The smallest absolute Gasteiger partial charge is 0.327 e. The second-order valence-corrected chi connectivity index (χ2v) is 3.60. The molecule has 1 heterocycles. The summed E-state index contributed by atoms with van der Waals surface area (Å²) in [4.78, 5) is 13.9. The predicted octanol–water partition coefficient (Wildman–Crippen LogP) is 2.74. The third-order valence-corrected chi connectivity index (χ3v) is 2.40. The van der Waals surface area contributed by atoms with E-state index in [9.17, 15) is 14.5 Å². The molecule has 92 valence electrons. The fourth-order valence-corrected chi connectivity index (χ4v) is 1.54. The lowest BCUT2D eigenvalue weighted by atomic mass is 10.2. The molecule has 0 spiro atoms. The maximum Gasteiger partial charge on any atom is 0.327 e. The maximum absolute atomic E-state index is 13.3. The molecule has 0 bridgehead atoms. The normalized spacial score (nSPS) is 10.1.